The molecule has 0 unspecified atom stereocenters. The van der Waals surface area contributed by atoms with Crippen LogP contribution in [0, 0.1) is 11.3 Å². The van der Waals surface area contributed by atoms with Gasteiger partial charge in [-0.3, -0.25) is 9.52 Å². The fourth-order valence-electron chi connectivity index (χ4n) is 3.13. The highest BCUT2D eigenvalue weighted by Gasteiger charge is 2.38. The molecule has 156 valence electrons. The SMILES string of the molecule is CC(C)CN1C(=O)C(C)(C)COc2cc(NS(=O)(=O)c3ccccc3Cl)ccc21. The zero-order valence-electron chi connectivity index (χ0n) is 16.9. The Kier molecular flexibility index (Phi) is 5.83. The number of rotatable bonds is 5. The second-order valence-electron chi connectivity index (χ2n) is 8.20. The highest BCUT2D eigenvalue weighted by molar-refractivity contribution is 7.92. The van der Waals surface area contributed by atoms with Crippen molar-refractivity contribution in [2.24, 2.45) is 11.3 Å². The zero-order chi connectivity index (χ0) is 21.4. The Hall–Kier alpha value is -2.25. The van der Waals surface area contributed by atoms with E-state index in [1.54, 1.807) is 35.2 Å². The number of halogens is 1. The number of sulfonamides is 1. The van der Waals surface area contributed by atoms with E-state index in [1.807, 2.05) is 27.7 Å². The largest absolute Gasteiger partial charge is 0.490 e. The highest BCUT2D eigenvalue weighted by Crippen LogP contribution is 2.39. The van der Waals surface area contributed by atoms with Crippen molar-refractivity contribution in [1.82, 2.24) is 0 Å². The molecule has 8 heteroatoms. The lowest BCUT2D eigenvalue weighted by Gasteiger charge is -2.29. The van der Waals surface area contributed by atoms with Crippen LogP contribution in [0.3, 0.4) is 0 Å². The molecule has 1 aliphatic rings. The quantitative estimate of drug-likeness (QED) is 0.746. The Labute approximate surface area is 176 Å². The number of fused-ring (bicyclic) bond motifs is 1. The second-order valence-corrected chi connectivity index (χ2v) is 10.3. The molecule has 0 saturated carbocycles. The summed E-state index contributed by atoms with van der Waals surface area (Å²) in [5.74, 6) is 0.706. The number of benzene rings is 2. The third-order valence-electron chi connectivity index (χ3n) is 4.59. The number of anilines is 2. The van der Waals surface area contributed by atoms with Crippen LogP contribution in [-0.4, -0.2) is 27.5 Å². The molecule has 1 N–H and O–H groups in total. The van der Waals surface area contributed by atoms with E-state index in [4.69, 9.17) is 16.3 Å². The number of nitrogens with one attached hydrogen (secondary N) is 1. The molecule has 0 aromatic heterocycles. The summed E-state index contributed by atoms with van der Waals surface area (Å²) in [6.45, 7) is 8.51. The third-order valence-corrected chi connectivity index (χ3v) is 6.47. The first-order valence-corrected chi connectivity index (χ1v) is 11.2. The van der Waals surface area contributed by atoms with E-state index in [9.17, 15) is 13.2 Å². The fraction of sp³-hybridized carbons (Fsp3) is 0.381. The molecule has 1 amide bonds. The molecule has 1 heterocycles. The van der Waals surface area contributed by atoms with Gasteiger partial charge in [0.05, 0.1) is 21.8 Å². The number of carbonyl (C=O) groups is 1. The van der Waals surface area contributed by atoms with Gasteiger partial charge in [-0.1, -0.05) is 37.6 Å². The smallest absolute Gasteiger partial charge is 0.263 e. The summed E-state index contributed by atoms with van der Waals surface area (Å²) in [6.07, 6.45) is 0. The van der Waals surface area contributed by atoms with Crippen LogP contribution < -0.4 is 14.4 Å². The standard InChI is InChI=1S/C21H25ClN2O4S/c1-14(2)12-24-17-10-9-15(11-18(17)28-13-21(3,4)20(24)25)23-29(26,27)19-8-6-5-7-16(19)22/h5-11,14,23H,12-13H2,1-4H3. The van der Waals surface area contributed by atoms with Gasteiger partial charge >= 0.3 is 0 Å². The molecule has 0 bridgehead atoms. The normalized spacial score (nSPS) is 16.2. The van der Waals surface area contributed by atoms with Gasteiger partial charge in [-0.2, -0.15) is 0 Å². The molecule has 0 saturated heterocycles. The van der Waals surface area contributed by atoms with Crippen LogP contribution in [0.2, 0.25) is 5.02 Å². The van der Waals surface area contributed by atoms with E-state index in [2.05, 4.69) is 4.72 Å². The summed E-state index contributed by atoms with van der Waals surface area (Å²) < 4.78 is 33.9. The Morgan fingerprint density at radius 2 is 1.90 bits per heavy atom. The van der Waals surface area contributed by atoms with Gasteiger partial charge < -0.3 is 9.64 Å². The highest BCUT2D eigenvalue weighted by atomic mass is 35.5. The van der Waals surface area contributed by atoms with Crippen molar-refractivity contribution in [3.05, 3.63) is 47.5 Å². The Morgan fingerprint density at radius 1 is 1.21 bits per heavy atom. The van der Waals surface area contributed by atoms with Crippen LogP contribution in [0.1, 0.15) is 27.7 Å². The number of carbonyl (C=O) groups excluding carboxylic acids is 1. The van der Waals surface area contributed by atoms with Gasteiger partial charge in [-0.25, -0.2) is 8.42 Å². The van der Waals surface area contributed by atoms with Gasteiger partial charge in [0.1, 0.15) is 17.3 Å². The molecule has 0 atom stereocenters. The van der Waals surface area contributed by atoms with Crippen molar-refractivity contribution < 1.29 is 17.9 Å². The van der Waals surface area contributed by atoms with E-state index < -0.39 is 15.4 Å². The maximum atomic E-state index is 13.0. The van der Waals surface area contributed by atoms with Gasteiger partial charge in [0, 0.05) is 12.6 Å². The van der Waals surface area contributed by atoms with Crippen LogP contribution in [0.5, 0.6) is 5.75 Å². The van der Waals surface area contributed by atoms with Gasteiger partial charge in [-0.05, 0) is 44.0 Å². The summed E-state index contributed by atoms with van der Waals surface area (Å²) in [5, 5.41) is 0.140. The first-order chi connectivity index (χ1) is 13.5. The minimum absolute atomic E-state index is 0.00438. The Bertz CT molecular complexity index is 1030. The summed E-state index contributed by atoms with van der Waals surface area (Å²) in [4.78, 5) is 14.7. The number of hydrogen-bond donors (Lipinski definition) is 1. The predicted octanol–water partition coefficient (Wildman–Crippen LogP) is 4.55. The number of hydrogen-bond acceptors (Lipinski definition) is 4. The first kappa shape index (κ1) is 21.5. The maximum Gasteiger partial charge on any atom is 0.263 e. The molecule has 0 radical (unpaired) electrons. The average molecular weight is 437 g/mol. The monoisotopic (exact) mass is 436 g/mol. The predicted molar refractivity (Wildman–Crippen MR) is 115 cm³/mol. The lowest BCUT2D eigenvalue weighted by molar-refractivity contribution is -0.127. The van der Waals surface area contributed by atoms with Crippen LogP contribution in [0.4, 0.5) is 11.4 Å². The molecule has 0 spiro atoms. The van der Waals surface area contributed by atoms with Crippen molar-refractivity contribution >= 4 is 38.9 Å². The van der Waals surface area contributed by atoms with E-state index in [0.717, 1.165) is 0 Å². The minimum Gasteiger partial charge on any atom is -0.490 e. The van der Waals surface area contributed by atoms with Crippen LogP contribution in [0.25, 0.3) is 0 Å². The maximum absolute atomic E-state index is 13.0. The van der Waals surface area contributed by atoms with E-state index in [1.165, 1.54) is 12.1 Å². The first-order valence-electron chi connectivity index (χ1n) is 9.37. The molecule has 2 aromatic rings. The number of amides is 1. The lowest BCUT2D eigenvalue weighted by Crippen LogP contribution is -2.43. The molecule has 0 fully saturated rings. The Balaban J connectivity index is 1.98. The second kappa shape index (κ2) is 7.88. The summed E-state index contributed by atoms with van der Waals surface area (Å²) in [6, 6.07) is 11.2. The molecular formula is C21H25ClN2O4S. The molecule has 6 nitrogen and oxygen atoms in total. The van der Waals surface area contributed by atoms with Crippen molar-refractivity contribution in [2.45, 2.75) is 32.6 Å². The van der Waals surface area contributed by atoms with Crippen molar-refractivity contribution in [2.75, 3.05) is 22.8 Å². The van der Waals surface area contributed by atoms with Crippen molar-refractivity contribution in [3.8, 4) is 5.75 Å². The summed E-state index contributed by atoms with van der Waals surface area (Å²) in [7, 11) is -3.86. The average Bonchev–Trinajstić information content (AvgIpc) is 2.72. The van der Waals surface area contributed by atoms with Crippen LogP contribution >= 0.6 is 11.6 Å². The Morgan fingerprint density at radius 3 is 2.55 bits per heavy atom. The third kappa shape index (κ3) is 4.51. The van der Waals surface area contributed by atoms with E-state index in [-0.39, 0.29) is 28.4 Å². The van der Waals surface area contributed by atoms with Gasteiger partial charge in [0.15, 0.2) is 0 Å². The summed E-state index contributed by atoms with van der Waals surface area (Å²) >= 11 is 6.04. The van der Waals surface area contributed by atoms with Crippen molar-refractivity contribution in [3.63, 3.8) is 0 Å². The topological polar surface area (TPSA) is 75.7 Å². The summed E-state index contributed by atoms with van der Waals surface area (Å²) in [5.41, 5.74) is 0.279. The van der Waals surface area contributed by atoms with Gasteiger partial charge in [0.25, 0.3) is 10.0 Å². The molecule has 1 aliphatic heterocycles. The van der Waals surface area contributed by atoms with E-state index in [0.29, 0.717) is 23.7 Å². The minimum atomic E-state index is -3.86. The number of ether oxygens (including phenoxy) is 1. The van der Waals surface area contributed by atoms with Crippen LogP contribution in [-0.2, 0) is 14.8 Å². The van der Waals surface area contributed by atoms with Crippen LogP contribution in [0.15, 0.2) is 47.4 Å². The van der Waals surface area contributed by atoms with Gasteiger partial charge in [0.2, 0.25) is 5.91 Å². The van der Waals surface area contributed by atoms with Gasteiger partial charge in [-0.15, -0.1) is 0 Å². The fourth-order valence-corrected chi connectivity index (χ4v) is 4.70. The molecular weight excluding hydrogens is 412 g/mol. The molecule has 3 rings (SSSR count). The van der Waals surface area contributed by atoms with Crippen molar-refractivity contribution in [1.29, 1.82) is 0 Å². The lowest BCUT2D eigenvalue weighted by atomic mass is 9.92. The zero-order valence-corrected chi connectivity index (χ0v) is 18.5. The molecule has 0 aliphatic carbocycles. The molecule has 29 heavy (non-hydrogen) atoms. The van der Waals surface area contributed by atoms with E-state index >= 15 is 0 Å². The molecule has 2 aromatic carbocycles. The number of nitrogens with zero attached hydrogens (tertiary/aromatic N) is 1.